The summed E-state index contributed by atoms with van der Waals surface area (Å²) in [4.78, 5) is 27.4. The van der Waals surface area contributed by atoms with E-state index in [2.05, 4.69) is 0 Å². The number of ketones is 1. The van der Waals surface area contributed by atoms with Crippen molar-refractivity contribution in [2.24, 2.45) is 0 Å². The van der Waals surface area contributed by atoms with Gasteiger partial charge in [0.2, 0.25) is 0 Å². The molecule has 1 saturated heterocycles. The number of anilines is 1. The quantitative estimate of drug-likeness (QED) is 0.368. The first kappa shape index (κ1) is 19.0. The maximum atomic E-state index is 13.0. The molecule has 144 valence electrons. The molecule has 1 aliphatic heterocycles. The number of carbonyl (C=O) groups is 2. The molecule has 1 atom stereocenters. The highest BCUT2D eigenvalue weighted by molar-refractivity contribution is 6.51. The summed E-state index contributed by atoms with van der Waals surface area (Å²) in [5.41, 5.74) is 2.82. The summed E-state index contributed by atoms with van der Waals surface area (Å²) in [6.45, 7) is 1.96. The van der Waals surface area contributed by atoms with E-state index in [1.165, 1.54) is 4.90 Å². The molecule has 29 heavy (non-hydrogen) atoms. The van der Waals surface area contributed by atoms with Gasteiger partial charge in [0, 0.05) is 16.3 Å². The molecule has 5 heteroatoms. The predicted octanol–water partition coefficient (Wildman–Crippen LogP) is 5.27. The second-order valence-corrected chi connectivity index (χ2v) is 7.36. The van der Waals surface area contributed by atoms with E-state index in [0.29, 0.717) is 16.3 Å². The van der Waals surface area contributed by atoms with E-state index in [1.807, 2.05) is 37.3 Å². The van der Waals surface area contributed by atoms with Gasteiger partial charge in [0.1, 0.15) is 5.76 Å². The van der Waals surface area contributed by atoms with Crippen molar-refractivity contribution in [2.45, 2.75) is 13.0 Å². The monoisotopic (exact) mass is 403 g/mol. The standard InChI is InChI=1S/C24H18ClNO3/c1-15-10-12-16(13-11-15)21-20(22(27)17-6-3-2-4-7-17)23(28)24(29)26(21)19-9-5-8-18(25)14-19/h2-14,21,27H,1H3/t21-/m1/s1. The second kappa shape index (κ2) is 7.57. The Bertz CT molecular complexity index is 1120. The first-order valence-corrected chi connectivity index (χ1v) is 9.53. The van der Waals surface area contributed by atoms with Gasteiger partial charge in [-0.2, -0.15) is 0 Å². The Balaban J connectivity index is 1.96. The summed E-state index contributed by atoms with van der Waals surface area (Å²) < 4.78 is 0. The average Bonchev–Trinajstić information content (AvgIpc) is 2.99. The lowest BCUT2D eigenvalue weighted by atomic mass is 9.94. The lowest BCUT2D eigenvalue weighted by Gasteiger charge is -2.25. The van der Waals surface area contributed by atoms with Gasteiger partial charge in [-0.25, -0.2) is 0 Å². The number of nitrogens with zero attached hydrogens (tertiary/aromatic N) is 1. The third kappa shape index (κ3) is 3.43. The summed E-state index contributed by atoms with van der Waals surface area (Å²) in [7, 11) is 0. The number of benzene rings is 3. The largest absolute Gasteiger partial charge is 0.507 e. The van der Waals surface area contributed by atoms with E-state index in [9.17, 15) is 14.7 Å². The van der Waals surface area contributed by atoms with Crippen molar-refractivity contribution < 1.29 is 14.7 Å². The molecule has 0 aromatic heterocycles. The van der Waals surface area contributed by atoms with Crippen molar-refractivity contribution in [3.8, 4) is 0 Å². The zero-order valence-electron chi connectivity index (χ0n) is 15.7. The van der Waals surface area contributed by atoms with Crippen LogP contribution in [0.5, 0.6) is 0 Å². The van der Waals surface area contributed by atoms with Crippen molar-refractivity contribution in [1.82, 2.24) is 0 Å². The first-order chi connectivity index (χ1) is 14.0. The summed E-state index contributed by atoms with van der Waals surface area (Å²) in [5.74, 6) is -1.62. The third-order valence-corrected chi connectivity index (χ3v) is 5.21. The topological polar surface area (TPSA) is 57.6 Å². The fourth-order valence-corrected chi connectivity index (χ4v) is 3.73. The Kier molecular flexibility index (Phi) is 4.95. The van der Waals surface area contributed by atoms with Crippen LogP contribution in [0.4, 0.5) is 5.69 Å². The van der Waals surface area contributed by atoms with Crippen LogP contribution in [0.25, 0.3) is 5.76 Å². The van der Waals surface area contributed by atoms with Crippen molar-refractivity contribution in [3.63, 3.8) is 0 Å². The van der Waals surface area contributed by atoms with Crippen LogP contribution in [0.2, 0.25) is 5.02 Å². The van der Waals surface area contributed by atoms with E-state index in [1.54, 1.807) is 48.5 Å². The normalized spacial score (nSPS) is 18.3. The molecular weight excluding hydrogens is 386 g/mol. The van der Waals surface area contributed by atoms with Gasteiger partial charge in [-0.05, 0) is 30.7 Å². The second-order valence-electron chi connectivity index (χ2n) is 6.93. The highest BCUT2D eigenvalue weighted by Crippen LogP contribution is 2.42. The predicted molar refractivity (Wildman–Crippen MR) is 114 cm³/mol. The number of hydrogen-bond donors (Lipinski definition) is 1. The first-order valence-electron chi connectivity index (χ1n) is 9.16. The molecule has 0 aliphatic carbocycles. The van der Waals surface area contributed by atoms with Crippen molar-refractivity contribution in [3.05, 3.63) is 106 Å². The summed E-state index contributed by atoms with van der Waals surface area (Å²) >= 11 is 6.13. The number of carbonyl (C=O) groups excluding carboxylic acids is 2. The number of aryl methyl sites for hydroxylation is 1. The third-order valence-electron chi connectivity index (χ3n) is 4.97. The molecule has 0 saturated carbocycles. The number of halogens is 1. The molecular formula is C24H18ClNO3. The Morgan fingerprint density at radius 2 is 1.62 bits per heavy atom. The van der Waals surface area contributed by atoms with Crippen LogP contribution in [0.3, 0.4) is 0 Å². The van der Waals surface area contributed by atoms with Crippen LogP contribution in [0, 0.1) is 6.92 Å². The van der Waals surface area contributed by atoms with Crippen molar-refractivity contribution in [1.29, 1.82) is 0 Å². The maximum Gasteiger partial charge on any atom is 0.300 e. The van der Waals surface area contributed by atoms with E-state index in [-0.39, 0.29) is 11.3 Å². The lowest BCUT2D eigenvalue weighted by Crippen LogP contribution is -2.29. The minimum Gasteiger partial charge on any atom is -0.507 e. The SMILES string of the molecule is Cc1ccc([C@@H]2C(=C(O)c3ccccc3)C(=O)C(=O)N2c2cccc(Cl)c2)cc1. The number of aliphatic hydroxyl groups is 1. The molecule has 3 aromatic carbocycles. The smallest absolute Gasteiger partial charge is 0.300 e. The van der Waals surface area contributed by atoms with Gasteiger partial charge in [0.15, 0.2) is 0 Å². The molecule has 0 radical (unpaired) electrons. The van der Waals surface area contributed by atoms with Crippen LogP contribution in [-0.4, -0.2) is 16.8 Å². The number of amides is 1. The highest BCUT2D eigenvalue weighted by atomic mass is 35.5. The van der Waals surface area contributed by atoms with Gasteiger partial charge >= 0.3 is 0 Å². The number of Topliss-reactive ketones (excluding diaryl/α,β-unsaturated/α-hetero) is 1. The van der Waals surface area contributed by atoms with Crippen LogP contribution in [0.15, 0.2) is 84.4 Å². The number of aliphatic hydroxyl groups excluding tert-OH is 1. The molecule has 1 amide bonds. The van der Waals surface area contributed by atoms with Crippen molar-refractivity contribution in [2.75, 3.05) is 4.90 Å². The van der Waals surface area contributed by atoms with Gasteiger partial charge in [-0.3, -0.25) is 14.5 Å². The van der Waals surface area contributed by atoms with E-state index in [0.717, 1.165) is 11.1 Å². The van der Waals surface area contributed by atoms with Gasteiger partial charge in [-0.15, -0.1) is 0 Å². The molecule has 0 bridgehead atoms. The molecule has 1 fully saturated rings. The molecule has 0 unspecified atom stereocenters. The number of hydrogen-bond acceptors (Lipinski definition) is 3. The summed E-state index contributed by atoms with van der Waals surface area (Å²) in [6.07, 6.45) is 0. The van der Waals surface area contributed by atoms with Gasteiger partial charge in [0.25, 0.3) is 11.7 Å². The Morgan fingerprint density at radius 1 is 0.931 bits per heavy atom. The highest BCUT2D eigenvalue weighted by Gasteiger charge is 2.46. The van der Waals surface area contributed by atoms with E-state index >= 15 is 0 Å². The molecule has 0 spiro atoms. The zero-order valence-corrected chi connectivity index (χ0v) is 16.4. The zero-order chi connectivity index (χ0) is 20.5. The number of rotatable bonds is 3. The molecule has 4 rings (SSSR count). The molecule has 3 aromatic rings. The minimum absolute atomic E-state index is 0.0602. The van der Waals surface area contributed by atoms with Gasteiger partial charge in [0.05, 0.1) is 11.6 Å². The summed E-state index contributed by atoms with van der Waals surface area (Å²) in [6, 6.07) is 22.3. The molecule has 4 nitrogen and oxygen atoms in total. The van der Waals surface area contributed by atoms with E-state index in [4.69, 9.17) is 11.6 Å². The Morgan fingerprint density at radius 3 is 2.28 bits per heavy atom. The van der Waals surface area contributed by atoms with Crippen LogP contribution >= 0.6 is 11.6 Å². The molecule has 1 N–H and O–H groups in total. The molecule has 1 heterocycles. The van der Waals surface area contributed by atoms with Crippen LogP contribution in [-0.2, 0) is 9.59 Å². The van der Waals surface area contributed by atoms with Gasteiger partial charge in [-0.1, -0.05) is 77.8 Å². The van der Waals surface area contributed by atoms with Crippen LogP contribution < -0.4 is 4.90 Å². The fourth-order valence-electron chi connectivity index (χ4n) is 3.54. The van der Waals surface area contributed by atoms with Crippen LogP contribution in [0.1, 0.15) is 22.7 Å². The van der Waals surface area contributed by atoms with E-state index < -0.39 is 17.7 Å². The van der Waals surface area contributed by atoms with Gasteiger partial charge < -0.3 is 5.11 Å². The average molecular weight is 404 g/mol. The Labute approximate surface area is 173 Å². The Hall–Kier alpha value is -3.37. The minimum atomic E-state index is -0.755. The lowest BCUT2D eigenvalue weighted by molar-refractivity contribution is -0.132. The fraction of sp³-hybridized carbons (Fsp3) is 0.0833. The molecule has 1 aliphatic rings. The summed E-state index contributed by atoms with van der Waals surface area (Å²) in [5, 5.41) is 11.4. The van der Waals surface area contributed by atoms with Crippen molar-refractivity contribution >= 4 is 34.7 Å². The maximum absolute atomic E-state index is 13.0.